The average molecular weight is 200 g/mol. The molecule has 0 spiro atoms. The van der Waals surface area contributed by atoms with Crippen molar-refractivity contribution < 1.29 is 0 Å². The molecule has 1 aromatic carbocycles. The minimum atomic E-state index is 0.518. The van der Waals surface area contributed by atoms with Crippen LogP contribution in [0.15, 0.2) is 36.7 Å². The summed E-state index contributed by atoms with van der Waals surface area (Å²) in [7, 11) is 0. The van der Waals surface area contributed by atoms with Gasteiger partial charge in [0, 0.05) is 12.4 Å². The van der Waals surface area contributed by atoms with Gasteiger partial charge in [-0.2, -0.15) is 5.10 Å². The Balaban J connectivity index is 2.58. The molecule has 2 aromatic rings. The van der Waals surface area contributed by atoms with Gasteiger partial charge in [0.25, 0.3) is 0 Å². The second kappa shape index (κ2) is 3.89. The topological polar surface area (TPSA) is 17.8 Å². The zero-order chi connectivity index (χ0) is 10.8. The van der Waals surface area contributed by atoms with Crippen molar-refractivity contribution in [2.24, 2.45) is 0 Å². The lowest BCUT2D eigenvalue weighted by atomic mass is 9.99. The van der Waals surface area contributed by atoms with Crippen molar-refractivity contribution in [1.82, 2.24) is 9.78 Å². The highest BCUT2D eigenvalue weighted by atomic mass is 15.3. The molecule has 0 radical (unpaired) electrons. The predicted octanol–water partition coefficient (Wildman–Crippen LogP) is 3.30. The van der Waals surface area contributed by atoms with E-state index < -0.39 is 0 Å². The summed E-state index contributed by atoms with van der Waals surface area (Å²) in [6.07, 6.45) is 3.80. The van der Waals surface area contributed by atoms with E-state index in [-0.39, 0.29) is 0 Å². The standard InChI is InChI=1S/C13H16N2/c1-10(2)12-6-5-11(3)9-13(12)15-8-4-7-14-15/h4-10H,1-3H3. The first-order chi connectivity index (χ1) is 7.18. The van der Waals surface area contributed by atoms with Crippen LogP contribution in [0.3, 0.4) is 0 Å². The van der Waals surface area contributed by atoms with Crippen molar-refractivity contribution in [2.75, 3.05) is 0 Å². The molecule has 78 valence electrons. The molecule has 0 atom stereocenters. The Morgan fingerprint density at radius 2 is 2.07 bits per heavy atom. The third kappa shape index (κ3) is 1.94. The number of nitrogens with zero attached hydrogens (tertiary/aromatic N) is 2. The molecule has 0 fully saturated rings. The minimum absolute atomic E-state index is 0.518. The fraction of sp³-hybridized carbons (Fsp3) is 0.308. The fourth-order valence-corrected chi connectivity index (χ4v) is 1.75. The third-order valence-electron chi connectivity index (χ3n) is 2.56. The van der Waals surface area contributed by atoms with Crippen LogP contribution in [-0.4, -0.2) is 9.78 Å². The van der Waals surface area contributed by atoms with Crippen molar-refractivity contribution in [3.8, 4) is 5.69 Å². The normalized spacial score (nSPS) is 10.9. The first-order valence-electron chi connectivity index (χ1n) is 5.29. The van der Waals surface area contributed by atoms with E-state index in [0.717, 1.165) is 0 Å². The molecular formula is C13H16N2. The zero-order valence-electron chi connectivity index (χ0n) is 9.44. The van der Waals surface area contributed by atoms with Crippen molar-refractivity contribution >= 4 is 0 Å². The maximum Gasteiger partial charge on any atom is 0.0682 e. The fourth-order valence-electron chi connectivity index (χ4n) is 1.75. The monoisotopic (exact) mass is 200 g/mol. The molecular weight excluding hydrogens is 184 g/mol. The van der Waals surface area contributed by atoms with Crippen LogP contribution in [0.2, 0.25) is 0 Å². The Morgan fingerprint density at radius 1 is 1.27 bits per heavy atom. The lowest BCUT2D eigenvalue weighted by molar-refractivity contribution is 0.807. The molecule has 2 heteroatoms. The van der Waals surface area contributed by atoms with Crippen LogP contribution in [0.4, 0.5) is 0 Å². The van der Waals surface area contributed by atoms with Gasteiger partial charge in [-0.1, -0.05) is 26.0 Å². The highest BCUT2D eigenvalue weighted by molar-refractivity contribution is 5.44. The first kappa shape index (κ1) is 9.97. The van der Waals surface area contributed by atoms with Crippen LogP contribution in [-0.2, 0) is 0 Å². The van der Waals surface area contributed by atoms with Crippen molar-refractivity contribution in [3.63, 3.8) is 0 Å². The summed E-state index contributed by atoms with van der Waals surface area (Å²) in [4.78, 5) is 0. The maximum atomic E-state index is 4.29. The van der Waals surface area contributed by atoms with E-state index >= 15 is 0 Å². The van der Waals surface area contributed by atoms with Gasteiger partial charge in [-0.15, -0.1) is 0 Å². The lowest BCUT2D eigenvalue weighted by Gasteiger charge is -2.13. The molecule has 1 aromatic heterocycles. The van der Waals surface area contributed by atoms with Crippen LogP contribution in [0, 0.1) is 6.92 Å². The molecule has 0 N–H and O–H groups in total. The van der Waals surface area contributed by atoms with E-state index in [1.807, 2.05) is 23.1 Å². The van der Waals surface area contributed by atoms with Crippen molar-refractivity contribution in [1.29, 1.82) is 0 Å². The SMILES string of the molecule is Cc1ccc(C(C)C)c(-n2cccn2)c1. The van der Waals surface area contributed by atoms with Crippen LogP contribution in [0.1, 0.15) is 30.9 Å². The second-order valence-electron chi connectivity index (χ2n) is 4.17. The average Bonchev–Trinajstić information content (AvgIpc) is 2.69. The number of hydrogen-bond donors (Lipinski definition) is 0. The summed E-state index contributed by atoms with van der Waals surface area (Å²) in [5.74, 6) is 0.518. The van der Waals surface area contributed by atoms with Gasteiger partial charge >= 0.3 is 0 Å². The molecule has 0 saturated carbocycles. The molecule has 2 nitrogen and oxygen atoms in total. The number of rotatable bonds is 2. The Kier molecular flexibility index (Phi) is 2.58. The third-order valence-corrected chi connectivity index (χ3v) is 2.56. The van der Waals surface area contributed by atoms with Gasteiger partial charge in [-0.25, -0.2) is 4.68 Å². The van der Waals surface area contributed by atoms with Crippen LogP contribution < -0.4 is 0 Å². The Morgan fingerprint density at radius 3 is 2.67 bits per heavy atom. The molecule has 15 heavy (non-hydrogen) atoms. The molecule has 0 amide bonds. The Labute approximate surface area is 90.6 Å². The van der Waals surface area contributed by atoms with E-state index in [0.29, 0.717) is 5.92 Å². The summed E-state index contributed by atoms with van der Waals surface area (Å²) >= 11 is 0. The van der Waals surface area contributed by atoms with E-state index in [9.17, 15) is 0 Å². The van der Waals surface area contributed by atoms with E-state index in [2.05, 4.69) is 44.1 Å². The minimum Gasteiger partial charge on any atom is -0.241 e. The van der Waals surface area contributed by atoms with Crippen LogP contribution in [0.5, 0.6) is 0 Å². The molecule has 0 bridgehead atoms. The summed E-state index contributed by atoms with van der Waals surface area (Å²) in [5.41, 5.74) is 3.80. The molecule has 2 rings (SSSR count). The molecule has 0 unspecified atom stereocenters. The quantitative estimate of drug-likeness (QED) is 0.727. The van der Waals surface area contributed by atoms with Gasteiger partial charge in [0.2, 0.25) is 0 Å². The summed E-state index contributed by atoms with van der Waals surface area (Å²) < 4.78 is 1.93. The van der Waals surface area contributed by atoms with Gasteiger partial charge in [-0.3, -0.25) is 0 Å². The molecule has 0 aliphatic rings. The highest BCUT2D eigenvalue weighted by Crippen LogP contribution is 2.23. The number of hydrogen-bond acceptors (Lipinski definition) is 1. The van der Waals surface area contributed by atoms with E-state index in [4.69, 9.17) is 0 Å². The van der Waals surface area contributed by atoms with Gasteiger partial charge < -0.3 is 0 Å². The van der Waals surface area contributed by atoms with Gasteiger partial charge in [0.05, 0.1) is 5.69 Å². The largest absolute Gasteiger partial charge is 0.241 e. The van der Waals surface area contributed by atoms with E-state index in [1.54, 1.807) is 0 Å². The zero-order valence-corrected chi connectivity index (χ0v) is 9.44. The molecule has 0 aliphatic carbocycles. The number of aryl methyl sites for hydroxylation is 1. The summed E-state index contributed by atoms with van der Waals surface area (Å²) in [6, 6.07) is 8.48. The highest BCUT2D eigenvalue weighted by Gasteiger charge is 2.08. The molecule has 1 heterocycles. The van der Waals surface area contributed by atoms with E-state index in [1.165, 1.54) is 16.8 Å². The Hall–Kier alpha value is -1.57. The second-order valence-corrected chi connectivity index (χ2v) is 4.17. The lowest BCUT2D eigenvalue weighted by Crippen LogP contribution is -2.02. The Bertz CT molecular complexity index is 442. The van der Waals surface area contributed by atoms with Crippen LogP contribution in [0.25, 0.3) is 5.69 Å². The number of benzene rings is 1. The van der Waals surface area contributed by atoms with Gasteiger partial charge in [-0.05, 0) is 36.1 Å². The maximum absolute atomic E-state index is 4.29. The van der Waals surface area contributed by atoms with Crippen molar-refractivity contribution in [2.45, 2.75) is 26.7 Å². The first-order valence-corrected chi connectivity index (χ1v) is 5.29. The molecule has 0 saturated heterocycles. The number of aromatic nitrogens is 2. The van der Waals surface area contributed by atoms with Crippen LogP contribution >= 0.6 is 0 Å². The molecule has 0 aliphatic heterocycles. The predicted molar refractivity (Wildman–Crippen MR) is 62.4 cm³/mol. The van der Waals surface area contributed by atoms with Gasteiger partial charge in [0.15, 0.2) is 0 Å². The summed E-state index contributed by atoms with van der Waals surface area (Å²) in [6.45, 7) is 6.52. The summed E-state index contributed by atoms with van der Waals surface area (Å²) in [5, 5.41) is 4.29. The van der Waals surface area contributed by atoms with Crippen molar-refractivity contribution in [3.05, 3.63) is 47.8 Å². The smallest absolute Gasteiger partial charge is 0.0682 e. The van der Waals surface area contributed by atoms with Gasteiger partial charge in [0.1, 0.15) is 0 Å².